The van der Waals surface area contributed by atoms with E-state index in [-0.39, 0.29) is 0 Å². The summed E-state index contributed by atoms with van der Waals surface area (Å²) in [6, 6.07) is 8.76. The molecule has 1 aromatic carbocycles. The molecule has 0 amide bonds. The standard InChI is InChI=1S/C17H22N2S/c1-12-6-8-13(9-7-12)16-17(14-4-2-3-5-14)20-15(19-16)10-11-18/h6-9,14H,2-5,10-11,18H2,1H3. The van der Waals surface area contributed by atoms with E-state index in [1.165, 1.54) is 52.4 Å². The molecule has 0 saturated heterocycles. The average molecular weight is 286 g/mol. The van der Waals surface area contributed by atoms with Crippen LogP contribution in [0.2, 0.25) is 0 Å². The summed E-state index contributed by atoms with van der Waals surface area (Å²) in [5.74, 6) is 0.718. The van der Waals surface area contributed by atoms with Gasteiger partial charge in [-0.05, 0) is 32.2 Å². The molecule has 1 aliphatic rings. The van der Waals surface area contributed by atoms with Gasteiger partial charge in [-0.2, -0.15) is 0 Å². The molecule has 0 unspecified atom stereocenters. The van der Waals surface area contributed by atoms with Crippen LogP contribution in [0.5, 0.6) is 0 Å². The van der Waals surface area contributed by atoms with E-state index in [1.807, 2.05) is 11.3 Å². The van der Waals surface area contributed by atoms with Crippen molar-refractivity contribution in [2.45, 2.75) is 44.9 Å². The molecule has 1 aliphatic carbocycles. The molecule has 3 heteroatoms. The maximum absolute atomic E-state index is 5.70. The number of nitrogens with two attached hydrogens (primary N) is 1. The molecule has 2 N–H and O–H groups in total. The summed E-state index contributed by atoms with van der Waals surface area (Å²) in [6.07, 6.45) is 6.27. The highest BCUT2D eigenvalue weighted by atomic mass is 32.1. The van der Waals surface area contributed by atoms with E-state index < -0.39 is 0 Å². The third-order valence-corrected chi connectivity index (χ3v) is 5.38. The Balaban J connectivity index is 2.00. The zero-order valence-electron chi connectivity index (χ0n) is 12.1. The maximum Gasteiger partial charge on any atom is 0.0948 e. The van der Waals surface area contributed by atoms with Gasteiger partial charge in [0.05, 0.1) is 10.7 Å². The van der Waals surface area contributed by atoms with Crippen LogP contribution < -0.4 is 5.73 Å². The highest BCUT2D eigenvalue weighted by Gasteiger charge is 2.24. The third-order valence-electron chi connectivity index (χ3n) is 4.11. The van der Waals surface area contributed by atoms with Crippen LogP contribution in [0.15, 0.2) is 24.3 Å². The van der Waals surface area contributed by atoms with Crippen molar-refractivity contribution >= 4 is 11.3 Å². The normalized spacial score (nSPS) is 15.9. The molecule has 0 aliphatic heterocycles. The van der Waals surface area contributed by atoms with Crippen molar-refractivity contribution in [1.29, 1.82) is 0 Å². The minimum absolute atomic E-state index is 0.685. The van der Waals surface area contributed by atoms with Crippen molar-refractivity contribution in [2.24, 2.45) is 5.73 Å². The number of hydrogen-bond donors (Lipinski definition) is 1. The summed E-state index contributed by atoms with van der Waals surface area (Å²) in [7, 11) is 0. The third kappa shape index (κ3) is 2.79. The predicted molar refractivity (Wildman–Crippen MR) is 86.3 cm³/mol. The lowest BCUT2D eigenvalue weighted by molar-refractivity contribution is 0.738. The number of thiazole rings is 1. The summed E-state index contributed by atoms with van der Waals surface area (Å²) in [5.41, 5.74) is 9.47. The number of rotatable bonds is 4. The van der Waals surface area contributed by atoms with E-state index in [0.29, 0.717) is 6.54 Å². The quantitative estimate of drug-likeness (QED) is 0.911. The average Bonchev–Trinajstić information content (AvgIpc) is 3.08. The van der Waals surface area contributed by atoms with Crippen LogP contribution in [-0.2, 0) is 6.42 Å². The van der Waals surface area contributed by atoms with E-state index in [4.69, 9.17) is 10.7 Å². The van der Waals surface area contributed by atoms with Gasteiger partial charge in [0.2, 0.25) is 0 Å². The van der Waals surface area contributed by atoms with Gasteiger partial charge in [0.15, 0.2) is 0 Å². The van der Waals surface area contributed by atoms with Crippen LogP contribution in [0.4, 0.5) is 0 Å². The van der Waals surface area contributed by atoms with Crippen LogP contribution in [0.3, 0.4) is 0 Å². The molecular weight excluding hydrogens is 264 g/mol. The van der Waals surface area contributed by atoms with Gasteiger partial charge in [0.25, 0.3) is 0 Å². The number of hydrogen-bond acceptors (Lipinski definition) is 3. The van der Waals surface area contributed by atoms with Crippen molar-refractivity contribution < 1.29 is 0 Å². The first-order valence-corrected chi connectivity index (χ1v) is 8.36. The summed E-state index contributed by atoms with van der Waals surface area (Å²) in [5, 5.41) is 1.20. The molecule has 0 atom stereocenters. The molecule has 0 spiro atoms. The van der Waals surface area contributed by atoms with Gasteiger partial charge in [0.1, 0.15) is 0 Å². The van der Waals surface area contributed by atoms with Crippen molar-refractivity contribution in [3.63, 3.8) is 0 Å². The monoisotopic (exact) mass is 286 g/mol. The summed E-state index contributed by atoms with van der Waals surface area (Å²) in [4.78, 5) is 6.38. The lowest BCUT2D eigenvalue weighted by Gasteiger charge is -2.09. The zero-order valence-corrected chi connectivity index (χ0v) is 12.9. The minimum atomic E-state index is 0.685. The highest BCUT2D eigenvalue weighted by Crippen LogP contribution is 2.42. The van der Waals surface area contributed by atoms with Crippen LogP contribution >= 0.6 is 11.3 Å². The van der Waals surface area contributed by atoms with Crippen molar-refractivity contribution in [1.82, 2.24) is 4.98 Å². The maximum atomic E-state index is 5.70. The van der Waals surface area contributed by atoms with Crippen molar-refractivity contribution in [3.05, 3.63) is 39.7 Å². The topological polar surface area (TPSA) is 38.9 Å². The number of nitrogens with zero attached hydrogens (tertiary/aromatic N) is 1. The molecular formula is C17H22N2S. The molecule has 1 saturated carbocycles. The second-order valence-electron chi connectivity index (χ2n) is 5.71. The Kier molecular flexibility index (Phi) is 4.18. The van der Waals surface area contributed by atoms with E-state index in [9.17, 15) is 0 Å². The lowest BCUT2D eigenvalue weighted by atomic mass is 10.0. The molecule has 1 fully saturated rings. The Morgan fingerprint density at radius 3 is 2.55 bits per heavy atom. The van der Waals surface area contributed by atoms with Gasteiger partial charge in [-0.15, -0.1) is 11.3 Å². The molecule has 2 aromatic rings. The SMILES string of the molecule is Cc1ccc(-c2nc(CCN)sc2C2CCCC2)cc1. The van der Waals surface area contributed by atoms with Crippen LogP contribution in [0.1, 0.15) is 47.0 Å². The van der Waals surface area contributed by atoms with Gasteiger partial charge in [-0.1, -0.05) is 42.7 Å². The Morgan fingerprint density at radius 1 is 1.20 bits per heavy atom. The van der Waals surface area contributed by atoms with Crippen molar-refractivity contribution in [2.75, 3.05) is 6.54 Å². The minimum Gasteiger partial charge on any atom is -0.330 e. The Hall–Kier alpha value is -1.19. The molecule has 106 valence electrons. The first-order valence-electron chi connectivity index (χ1n) is 7.54. The molecule has 20 heavy (non-hydrogen) atoms. The lowest BCUT2D eigenvalue weighted by Crippen LogP contribution is -2.01. The molecule has 1 aromatic heterocycles. The highest BCUT2D eigenvalue weighted by molar-refractivity contribution is 7.12. The number of benzene rings is 1. The molecule has 3 rings (SSSR count). The largest absolute Gasteiger partial charge is 0.330 e. The summed E-state index contributed by atoms with van der Waals surface area (Å²) in [6.45, 7) is 2.81. The Morgan fingerprint density at radius 2 is 1.90 bits per heavy atom. The van der Waals surface area contributed by atoms with Crippen LogP contribution in [0, 0.1) is 6.92 Å². The number of aromatic nitrogens is 1. The first-order chi connectivity index (χ1) is 9.78. The molecule has 0 bridgehead atoms. The predicted octanol–water partition coefficient (Wildman–Crippen LogP) is 4.28. The smallest absolute Gasteiger partial charge is 0.0948 e. The van der Waals surface area contributed by atoms with Gasteiger partial charge >= 0.3 is 0 Å². The molecule has 1 heterocycles. The number of aryl methyl sites for hydroxylation is 1. The second-order valence-corrected chi connectivity index (χ2v) is 6.82. The Bertz CT molecular complexity index is 565. The van der Waals surface area contributed by atoms with E-state index >= 15 is 0 Å². The fourth-order valence-electron chi connectivity index (χ4n) is 2.99. The molecule has 2 nitrogen and oxygen atoms in total. The van der Waals surface area contributed by atoms with Gasteiger partial charge in [-0.3, -0.25) is 0 Å². The fraction of sp³-hybridized carbons (Fsp3) is 0.471. The van der Waals surface area contributed by atoms with Gasteiger partial charge in [0, 0.05) is 16.9 Å². The van der Waals surface area contributed by atoms with E-state index in [0.717, 1.165) is 12.3 Å². The summed E-state index contributed by atoms with van der Waals surface area (Å²) < 4.78 is 0. The zero-order chi connectivity index (χ0) is 13.9. The fourth-order valence-corrected chi connectivity index (χ4v) is 4.26. The van der Waals surface area contributed by atoms with Crippen molar-refractivity contribution in [3.8, 4) is 11.3 Å². The van der Waals surface area contributed by atoms with E-state index in [1.54, 1.807) is 0 Å². The second kappa shape index (κ2) is 6.06. The van der Waals surface area contributed by atoms with E-state index in [2.05, 4.69) is 31.2 Å². The molecule has 0 radical (unpaired) electrons. The van der Waals surface area contributed by atoms with Crippen LogP contribution in [-0.4, -0.2) is 11.5 Å². The van der Waals surface area contributed by atoms with Crippen LogP contribution in [0.25, 0.3) is 11.3 Å². The Labute approximate surface area is 125 Å². The summed E-state index contributed by atoms with van der Waals surface area (Å²) >= 11 is 1.89. The first kappa shape index (κ1) is 13.8. The van der Waals surface area contributed by atoms with Gasteiger partial charge < -0.3 is 5.73 Å². The van der Waals surface area contributed by atoms with Gasteiger partial charge in [-0.25, -0.2) is 4.98 Å².